The zero-order valence-electron chi connectivity index (χ0n) is 7.16. The van der Waals surface area contributed by atoms with Gasteiger partial charge >= 0.3 is 5.97 Å². The van der Waals surface area contributed by atoms with E-state index in [9.17, 15) is 4.79 Å². The molecule has 0 atom stereocenters. The molecule has 0 saturated carbocycles. The van der Waals surface area contributed by atoms with E-state index in [0.717, 1.165) is 0 Å². The fraction of sp³-hybridized carbons (Fsp3) is 0.571. The molecule has 11 heavy (non-hydrogen) atoms. The Bertz CT molecular complexity index is 166. The first-order valence-corrected chi connectivity index (χ1v) is 3.24. The summed E-state index contributed by atoms with van der Waals surface area (Å²) in [5.41, 5.74) is 0. The number of carboxylic acids is 1. The molecule has 0 aromatic rings. The van der Waals surface area contributed by atoms with Crippen molar-refractivity contribution < 1.29 is 9.90 Å². The SMILES string of the molecule is C=C(N(C)C)N(C)CC(=O)O. The van der Waals surface area contributed by atoms with Crippen molar-refractivity contribution in [3.63, 3.8) is 0 Å². The van der Waals surface area contributed by atoms with Gasteiger partial charge in [-0.15, -0.1) is 0 Å². The van der Waals surface area contributed by atoms with Crippen LogP contribution < -0.4 is 0 Å². The van der Waals surface area contributed by atoms with Gasteiger partial charge in [-0.2, -0.15) is 0 Å². The third-order valence-corrected chi connectivity index (χ3v) is 1.33. The minimum absolute atomic E-state index is 0.0169. The van der Waals surface area contributed by atoms with E-state index in [0.29, 0.717) is 5.82 Å². The second kappa shape index (κ2) is 3.85. The van der Waals surface area contributed by atoms with Gasteiger partial charge in [0.15, 0.2) is 0 Å². The van der Waals surface area contributed by atoms with Crippen LogP contribution >= 0.6 is 0 Å². The first-order valence-electron chi connectivity index (χ1n) is 3.24. The van der Waals surface area contributed by atoms with Gasteiger partial charge in [-0.1, -0.05) is 6.58 Å². The second-order valence-corrected chi connectivity index (χ2v) is 2.56. The third kappa shape index (κ3) is 3.50. The maximum Gasteiger partial charge on any atom is 0.323 e. The van der Waals surface area contributed by atoms with Crippen LogP contribution in [0.4, 0.5) is 0 Å². The minimum atomic E-state index is -0.851. The van der Waals surface area contributed by atoms with Crippen LogP contribution in [0.5, 0.6) is 0 Å². The minimum Gasteiger partial charge on any atom is -0.480 e. The Morgan fingerprint density at radius 3 is 2.18 bits per heavy atom. The second-order valence-electron chi connectivity index (χ2n) is 2.56. The zero-order valence-corrected chi connectivity index (χ0v) is 7.16. The lowest BCUT2D eigenvalue weighted by Crippen LogP contribution is -2.31. The van der Waals surface area contributed by atoms with Crippen LogP contribution in [-0.2, 0) is 4.79 Å². The summed E-state index contributed by atoms with van der Waals surface area (Å²) >= 11 is 0. The molecule has 0 unspecified atom stereocenters. The lowest BCUT2D eigenvalue weighted by molar-refractivity contribution is -0.137. The Morgan fingerprint density at radius 1 is 1.45 bits per heavy atom. The quantitative estimate of drug-likeness (QED) is 0.627. The predicted molar refractivity (Wildman–Crippen MR) is 43.1 cm³/mol. The normalized spacial score (nSPS) is 9.00. The monoisotopic (exact) mass is 158 g/mol. The summed E-state index contributed by atoms with van der Waals surface area (Å²) < 4.78 is 0. The molecule has 64 valence electrons. The van der Waals surface area contributed by atoms with Crippen molar-refractivity contribution >= 4 is 5.97 Å². The highest BCUT2D eigenvalue weighted by Crippen LogP contribution is 1.99. The third-order valence-electron chi connectivity index (χ3n) is 1.33. The van der Waals surface area contributed by atoms with E-state index >= 15 is 0 Å². The average Bonchev–Trinajstić information content (AvgIpc) is 1.84. The lowest BCUT2D eigenvalue weighted by atomic mass is 10.5. The number of hydrogen-bond donors (Lipinski definition) is 1. The highest BCUT2D eigenvalue weighted by molar-refractivity contribution is 5.69. The van der Waals surface area contributed by atoms with Crippen LogP contribution in [0.1, 0.15) is 0 Å². The van der Waals surface area contributed by atoms with Crippen LogP contribution in [0.2, 0.25) is 0 Å². The van der Waals surface area contributed by atoms with E-state index in [-0.39, 0.29) is 6.54 Å². The Hall–Kier alpha value is -1.19. The molecule has 0 aromatic heterocycles. The van der Waals surface area contributed by atoms with Gasteiger partial charge in [0.1, 0.15) is 6.54 Å². The van der Waals surface area contributed by atoms with E-state index in [1.54, 1.807) is 16.8 Å². The van der Waals surface area contributed by atoms with Crippen molar-refractivity contribution in [2.24, 2.45) is 0 Å². The van der Waals surface area contributed by atoms with Crippen molar-refractivity contribution in [1.29, 1.82) is 0 Å². The van der Waals surface area contributed by atoms with Crippen molar-refractivity contribution in [3.05, 3.63) is 12.4 Å². The molecule has 4 heteroatoms. The summed E-state index contributed by atoms with van der Waals surface area (Å²) in [6.45, 7) is 3.68. The molecule has 0 aliphatic heterocycles. The summed E-state index contributed by atoms with van der Waals surface area (Å²) in [6.07, 6.45) is 0. The molecule has 0 aromatic carbocycles. The summed E-state index contributed by atoms with van der Waals surface area (Å²) in [7, 11) is 5.33. The molecular formula is C7H14N2O2. The van der Waals surface area contributed by atoms with Gasteiger partial charge in [0.05, 0.1) is 5.82 Å². The number of hydrogen-bond acceptors (Lipinski definition) is 3. The van der Waals surface area contributed by atoms with Crippen LogP contribution in [0.15, 0.2) is 12.4 Å². The fourth-order valence-corrected chi connectivity index (χ4v) is 0.636. The van der Waals surface area contributed by atoms with E-state index < -0.39 is 5.97 Å². The molecule has 1 N–H and O–H groups in total. The summed E-state index contributed by atoms with van der Waals surface area (Å²) in [6, 6.07) is 0. The van der Waals surface area contributed by atoms with Crippen LogP contribution in [0, 0.1) is 0 Å². The molecule has 0 rings (SSSR count). The van der Waals surface area contributed by atoms with Crippen molar-refractivity contribution in [1.82, 2.24) is 9.80 Å². The van der Waals surface area contributed by atoms with Crippen LogP contribution in [0.25, 0.3) is 0 Å². The predicted octanol–water partition coefficient (Wildman–Crippen LogP) is 0.0356. The average molecular weight is 158 g/mol. The molecule has 0 saturated heterocycles. The Kier molecular flexibility index (Phi) is 3.44. The van der Waals surface area contributed by atoms with Gasteiger partial charge in [0, 0.05) is 21.1 Å². The molecule has 4 nitrogen and oxygen atoms in total. The number of carbonyl (C=O) groups is 1. The number of rotatable bonds is 4. The van der Waals surface area contributed by atoms with E-state index in [2.05, 4.69) is 6.58 Å². The molecular weight excluding hydrogens is 144 g/mol. The molecule has 0 bridgehead atoms. The standard InChI is InChI=1S/C7H14N2O2/c1-6(8(2)3)9(4)5-7(10)11/h1,5H2,2-4H3,(H,10,11). The molecule has 0 spiro atoms. The molecule has 0 fully saturated rings. The van der Waals surface area contributed by atoms with Gasteiger partial charge < -0.3 is 14.9 Å². The first-order chi connectivity index (χ1) is 4.95. The largest absolute Gasteiger partial charge is 0.480 e. The van der Waals surface area contributed by atoms with E-state index in [4.69, 9.17) is 5.11 Å². The van der Waals surface area contributed by atoms with Gasteiger partial charge in [0.25, 0.3) is 0 Å². The number of nitrogens with zero attached hydrogens (tertiary/aromatic N) is 2. The van der Waals surface area contributed by atoms with Gasteiger partial charge in [-0.3, -0.25) is 4.79 Å². The Balaban J connectivity index is 3.93. The molecule has 0 aliphatic carbocycles. The zero-order chi connectivity index (χ0) is 9.02. The lowest BCUT2D eigenvalue weighted by Gasteiger charge is -2.25. The number of aliphatic carboxylic acids is 1. The van der Waals surface area contributed by atoms with Crippen LogP contribution in [-0.4, -0.2) is 48.6 Å². The summed E-state index contributed by atoms with van der Waals surface area (Å²) in [4.78, 5) is 13.6. The molecule has 0 amide bonds. The summed E-state index contributed by atoms with van der Waals surface area (Å²) in [5.74, 6) is -0.164. The molecule has 0 radical (unpaired) electrons. The topological polar surface area (TPSA) is 43.8 Å². The van der Waals surface area contributed by atoms with Gasteiger partial charge in [-0.05, 0) is 0 Å². The van der Waals surface area contributed by atoms with Crippen LogP contribution in [0.3, 0.4) is 0 Å². The van der Waals surface area contributed by atoms with Gasteiger partial charge in [-0.25, -0.2) is 0 Å². The smallest absolute Gasteiger partial charge is 0.323 e. The summed E-state index contributed by atoms with van der Waals surface area (Å²) in [5, 5.41) is 8.41. The molecule has 0 aliphatic rings. The maximum atomic E-state index is 10.2. The Morgan fingerprint density at radius 2 is 1.91 bits per heavy atom. The van der Waals surface area contributed by atoms with E-state index in [1.807, 2.05) is 14.1 Å². The highest BCUT2D eigenvalue weighted by Gasteiger charge is 2.06. The maximum absolute atomic E-state index is 10.2. The Labute approximate surface area is 66.7 Å². The van der Waals surface area contributed by atoms with Crippen molar-refractivity contribution in [2.75, 3.05) is 27.7 Å². The highest BCUT2D eigenvalue weighted by atomic mass is 16.4. The number of carboxylic acid groups (broad SMARTS) is 1. The van der Waals surface area contributed by atoms with E-state index in [1.165, 1.54) is 0 Å². The van der Waals surface area contributed by atoms with Crippen molar-refractivity contribution in [2.45, 2.75) is 0 Å². The molecule has 0 heterocycles. The van der Waals surface area contributed by atoms with Gasteiger partial charge in [0.2, 0.25) is 0 Å². The fourth-order valence-electron chi connectivity index (χ4n) is 0.636. The van der Waals surface area contributed by atoms with Crippen molar-refractivity contribution in [3.8, 4) is 0 Å². The first kappa shape index (κ1) is 9.81. The number of likely N-dealkylation sites (N-methyl/N-ethyl adjacent to an activating group) is 1.